The van der Waals surface area contributed by atoms with E-state index in [1.807, 2.05) is 26.0 Å². The predicted molar refractivity (Wildman–Crippen MR) is 112 cm³/mol. The van der Waals surface area contributed by atoms with E-state index < -0.39 is 5.97 Å². The van der Waals surface area contributed by atoms with Crippen molar-refractivity contribution in [3.63, 3.8) is 0 Å². The van der Waals surface area contributed by atoms with Gasteiger partial charge in [-0.25, -0.2) is 4.79 Å². The molecule has 0 amide bonds. The number of hydrogen-bond donors (Lipinski definition) is 0. The maximum Gasteiger partial charge on any atom is 0.338 e. The summed E-state index contributed by atoms with van der Waals surface area (Å²) in [6.45, 7) is 7.89. The van der Waals surface area contributed by atoms with Crippen LogP contribution in [0.2, 0.25) is 0 Å². The van der Waals surface area contributed by atoms with E-state index >= 15 is 0 Å². The quantitative estimate of drug-likeness (QED) is 0.385. The Bertz CT molecular complexity index is 997. The molecule has 3 rings (SSSR count). The van der Waals surface area contributed by atoms with Gasteiger partial charge in [0, 0.05) is 5.56 Å². The van der Waals surface area contributed by atoms with E-state index in [-0.39, 0.29) is 12.4 Å². The lowest BCUT2D eigenvalue weighted by molar-refractivity contribution is 0.0474. The van der Waals surface area contributed by atoms with Crippen LogP contribution in [0, 0.1) is 13.8 Å². The lowest BCUT2D eigenvalue weighted by Gasteiger charge is -2.08. The number of hydrogen-bond acceptors (Lipinski definition) is 6. The lowest BCUT2D eigenvalue weighted by atomic mass is 10.0. The van der Waals surface area contributed by atoms with Crippen LogP contribution in [0.4, 0.5) is 0 Å². The molecule has 0 bridgehead atoms. The predicted octanol–water partition coefficient (Wildman–Crippen LogP) is 5.03. The smallest absolute Gasteiger partial charge is 0.338 e. The van der Waals surface area contributed by atoms with Crippen LogP contribution >= 0.6 is 0 Å². The van der Waals surface area contributed by atoms with E-state index in [1.54, 1.807) is 36.4 Å². The van der Waals surface area contributed by atoms with Gasteiger partial charge in [0.25, 0.3) is 0 Å². The normalized spacial score (nSPS) is 10.8. The molecule has 156 valence electrons. The van der Waals surface area contributed by atoms with Gasteiger partial charge in [0.2, 0.25) is 0 Å². The van der Waals surface area contributed by atoms with Gasteiger partial charge >= 0.3 is 5.97 Å². The number of ether oxygens (including phenoxy) is 2. The van der Waals surface area contributed by atoms with Gasteiger partial charge in [-0.05, 0) is 49.6 Å². The van der Waals surface area contributed by atoms with Gasteiger partial charge in [0.15, 0.2) is 12.4 Å². The molecule has 1 heterocycles. The second-order valence-electron chi connectivity index (χ2n) is 7.39. The minimum Gasteiger partial charge on any atom is -0.489 e. The van der Waals surface area contributed by atoms with Crippen molar-refractivity contribution in [3.05, 3.63) is 82.2 Å². The van der Waals surface area contributed by atoms with Crippen LogP contribution in [0.15, 0.2) is 53.1 Å². The summed E-state index contributed by atoms with van der Waals surface area (Å²) in [4.78, 5) is 24.5. The first-order chi connectivity index (χ1) is 14.3. The molecule has 6 nitrogen and oxygen atoms in total. The molecule has 2 aromatic carbocycles. The van der Waals surface area contributed by atoms with E-state index in [2.05, 4.69) is 19.0 Å². The van der Waals surface area contributed by atoms with Crippen molar-refractivity contribution in [1.29, 1.82) is 0 Å². The minimum absolute atomic E-state index is 0.238. The standard InChI is InChI=1S/C24H25NO5/c1-15(2)18-5-7-19(8-6-18)23(26)14-29-24(27)20-9-11-21(12-10-20)28-13-22-16(3)25-30-17(22)4/h5-12,15H,13-14H2,1-4H3. The van der Waals surface area contributed by atoms with Crippen molar-refractivity contribution in [3.8, 4) is 5.75 Å². The SMILES string of the molecule is Cc1noc(C)c1COc1ccc(C(=O)OCC(=O)c2ccc(C(C)C)cc2)cc1. The number of carbonyl (C=O) groups excluding carboxylic acids is 2. The summed E-state index contributed by atoms with van der Waals surface area (Å²) >= 11 is 0. The Kier molecular flexibility index (Phi) is 6.67. The molecule has 0 fully saturated rings. The average Bonchev–Trinajstić information content (AvgIpc) is 3.08. The number of aryl methyl sites for hydroxylation is 2. The molecule has 0 spiro atoms. The first kappa shape index (κ1) is 21.3. The molecule has 0 saturated carbocycles. The third-order valence-corrected chi connectivity index (χ3v) is 4.89. The van der Waals surface area contributed by atoms with Gasteiger partial charge in [-0.2, -0.15) is 0 Å². The fourth-order valence-corrected chi connectivity index (χ4v) is 2.90. The van der Waals surface area contributed by atoms with E-state index in [9.17, 15) is 9.59 Å². The Hall–Kier alpha value is -3.41. The number of esters is 1. The fraction of sp³-hybridized carbons (Fsp3) is 0.292. The van der Waals surface area contributed by atoms with Gasteiger partial charge < -0.3 is 14.0 Å². The third-order valence-electron chi connectivity index (χ3n) is 4.89. The number of Topliss-reactive ketones (excluding diaryl/α,β-unsaturated/α-hetero) is 1. The van der Waals surface area contributed by atoms with Crippen LogP contribution in [-0.4, -0.2) is 23.5 Å². The second kappa shape index (κ2) is 9.39. The van der Waals surface area contributed by atoms with Gasteiger partial charge in [0.05, 0.1) is 16.8 Å². The molecule has 0 saturated heterocycles. The number of nitrogens with zero attached hydrogens (tertiary/aromatic N) is 1. The summed E-state index contributed by atoms with van der Waals surface area (Å²) in [5.41, 5.74) is 3.72. The number of aromatic nitrogens is 1. The Morgan fingerprint density at radius 3 is 2.17 bits per heavy atom. The van der Waals surface area contributed by atoms with Crippen LogP contribution in [0.5, 0.6) is 5.75 Å². The molecule has 0 radical (unpaired) electrons. The molecular formula is C24H25NO5. The second-order valence-corrected chi connectivity index (χ2v) is 7.39. The summed E-state index contributed by atoms with van der Waals surface area (Å²) in [6.07, 6.45) is 0. The molecule has 0 aliphatic carbocycles. The monoisotopic (exact) mass is 407 g/mol. The van der Waals surface area contributed by atoms with Crippen molar-refractivity contribution in [2.75, 3.05) is 6.61 Å². The highest BCUT2D eigenvalue weighted by Gasteiger charge is 2.13. The molecule has 1 aromatic heterocycles. The molecule has 3 aromatic rings. The summed E-state index contributed by atoms with van der Waals surface area (Å²) in [7, 11) is 0. The van der Waals surface area contributed by atoms with Gasteiger partial charge in [-0.3, -0.25) is 4.79 Å². The highest BCUT2D eigenvalue weighted by Crippen LogP contribution is 2.19. The Balaban J connectivity index is 1.52. The summed E-state index contributed by atoms with van der Waals surface area (Å²) in [5.74, 6) is 0.921. The number of benzene rings is 2. The number of rotatable bonds is 8. The van der Waals surface area contributed by atoms with Gasteiger partial charge in [0.1, 0.15) is 18.1 Å². The molecule has 30 heavy (non-hydrogen) atoms. The Morgan fingerprint density at radius 2 is 1.60 bits per heavy atom. The first-order valence-electron chi connectivity index (χ1n) is 9.80. The topological polar surface area (TPSA) is 78.6 Å². The van der Waals surface area contributed by atoms with Crippen LogP contribution in [-0.2, 0) is 11.3 Å². The summed E-state index contributed by atoms with van der Waals surface area (Å²) < 4.78 is 16.0. The Labute approximate surface area is 175 Å². The van der Waals surface area contributed by atoms with E-state index in [0.717, 1.165) is 22.6 Å². The fourth-order valence-electron chi connectivity index (χ4n) is 2.90. The number of carbonyl (C=O) groups is 2. The lowest BCUT2D eigenvalue weighted by Crippen LogP contribution is -2.14. The van der Waals surface area contributed by atoms with E-state index in [1.165, 1.54) is 0 Å². The maximum absolute atomic E-state index is 12.3. The average molecular weight is 407 g/mol. The van der Waals surface area contributed by atoms with Crippen molar-refractivity contribution in [1.82, 2.24) is 5.16 Å². The highest BCUT2D eigenvalue weighted by atomic mass is 16.5. The molecule has 0 atom stereocenters. The van der Waals surface area contributed by atoms with Crippen LogP contribution in [0.3, 0.4) is 0 Å². The molecular weight excluding hydrogens is 382 g/mol. The van der Waals surface area contributed by atoms with Crippen molar-refractivity contribution >= 4 is 11.8 Å². The molecule has 6 heteroatoms. The molecule has 0 aliphatic rings. The first-order valence-corrected chi connectivity index (χ1v) is 9.80. The Morgan fingerprint density at radius 1 is 0.967 bits per heavy atom. The van der Waals surface area contributed by atoms with E-state index in [4.69, 9.17) is 14.0 Å². The highest BCUT2D eigenvalue weighted by molar-refractivity contribution is 5.99. The molecule has 0 unspecified atom stereocenters. The minimum atomic E-state index is -0.556. The van der Waals surface area contributed by atoms with Crippen molar-refractivity contribution in [2.24, 2.45) is 0 Å². The largest absolute Gasteiger partial charge is 0.489 e. The maximum atomic E-state index is 12.3. The van der Waals surface area contributed by atoms with E-state index in [0.29, 0.717) is 29.4 Å². The zero-order valence-electron chi connectivity index (χ0n) is 17.6. The van der Waals surface area contributed by atoms with Crippen LogP contribution < -0.4 is 4.74 Å². The van der Waals surface area contributed by atoms with Gasteiger partial charge in [-0.15, -0.1) is 0 Å². The zero-order valence-corrected chi connectivity index (χ0v) is 17.6. The molecule has 0 aliphatic heterocycles. The molecule has 0 N–H and O–H groups in total. The van der Waals surface area contributed by atoms with Crippen LogP contribution in [0.1, 0.15) is 63.1 Å². The van der Waals surface area contributed by atoms with Crippen molar-refractivity contribution in [2.45, 2.75) is 40.2 Å². The van der Waals surface area contributed by atoms with Gasteiger partial charge in [-0.1, -0.05) is 43.3 Å². The summed E-state index contributed by atoms with van der Waals surface area (Å²) in [6, 6.07) is 13.9. The summed E-state index contributed by atoms with van der Waals surface area (Å²) in [5, 5.41) is 3.89. The van der Waals surface area contributed by atoms with Crippen molar-refractivity contribution < 1.29 is 23.6 Å². The number of ketones is 1. The van der Waals surface area contributed by atoms with Crippen LogP contribution in [0.25, 0.3) is 0 Å². The zero-order chi connectivity index (χ0) is 21.7. The third kappa shape index (κ3) is 5.14.